The largest absolute Gasteiger partial charge is 0.389 e. The monoisotopic (exact) mass is 256 g/mol. The van der Waals surface area contributed by atoms with Crippen LogP contribution in [0.1, 0.15) is 50.2 Å². The Kier molecular flexibility index (Phi) is 6.06. The van der Waals surface area contributed by atoms with Crippen LogP contribution in [0, 0.1) is 0 Å². The van der Waals surface area contributed by atoms with Gasteiger partial charge in [0, 0.05) is 17.8 Å². The Morgan fingerprint density at radius 1 is 1.35 bits per heavy atom. The van der Waals surface area contributed by atoms with Gasteiger partial charge < -0.3 is 5.11 Å². The summed E-state index contributed by atoms with van der Waals surface area (Å²) in [7, 11) is 0. The van der Waals surface area contributed by atoms with Crippen molar-refractivity contribution in [3.8, 4) is 0 Å². The topological polar surface area (TPSA) is 38.0 Å². The normalized spacial score (nSPS) is 13.0. The standard InChI is InChI=1S/C13H24N2OS/c1-5-11-13(10(3)16)12(6-2)15(14-11)8-7-9-17-4/h10,16H,5-9H2,1-4H3. The first-order chi connectivity index (χ1) is 8.15. The molecule has 17 heavy (non-hydrogen) atoms. The zero-order chi connectivity index (χ0) is 12.8. The first kappa shape index (κ1) is 14.6. The molecule has 0 saturated heterocycles. The van der Waals surface area contributed by atoms with Crippen molar-refractivity contribution in [2.75, 3.05) is 12.0 Å². The Hall–Kier alpha value is -0.480. The van der Waals surface area contributed by atoms with Gasteiger partial charge in [0.1, 0.15) is 0 Å². The highest BCUT2D eigenvalue weighted by Gasteiger charge is 2.18. The number of hydrogen-bond acceptors (Lipinski definition) is 3. The van der Waals surface area contributed by atoms with Gasteiger partial charge in [-0.05, 0) is 38.2 Å². The molecule has 1 heterocycles. The van der Waals surface area contributed by atoms with Crippen molar-refractivity contribution in [2.24, 2.45) is 0 Å². The molecule has 1 aromatic rings. The molecule has 3 nitrogen and oxygen atoms in total. The predicted molar refractivity (Wildman–Crippen MR) is 74.6 cm³/mol. The van der Waals surface area contributed by atoms with E-state index >= 15 is 0 Å². The van der Waals surface area contributed by atoms with Crippen LogP contribution < -0.4 is 0 Å². The molecule has 4 heteroatoms. The minimum Gasteiger partial charge on any atom is -0.389 e. The van der Waals surface area contributed by atoms with Crippen LogP contribution in [-0.4, -0.2) is 26.9 Å². The second-order valence-corrected chi connectivity index (χ2v) is 5.25. The fourth-order valence-corrected chi connectivity index (χ4v) is 2.64. The third-order valence-electron chi connectivity index (χ3n) is 2.98. The first-order valence-corrected chi connectivity index (χ1v) is 7.80. The molecular weight excluding hydrogens is 232 g/mol. The fraction of sp³-hybridized carbons (Fsp3) is 0.769. The maximum absolute atomic E-state index is 9.88. The average Bonchev–Trinajstić information content (AvgIpc) is 2.67. The van der Waals surface area contributed by atoms with E-state index in [-0.39, 0.29) is 0 Å². The van der Waals surface area contributed by atoms with Crippen molar-refractivity contribution in [3.63, 3.8) is 0 Å². The first-order valence-electron chi connectivity index (χ1n) is 6.41. The lowest BCUT2D eigenvalue weighted by Crippen LogP contribution is -2.07. The van der Waals surface area contributed by atoms with Crippen LogP contribution in [0.5, 0.6) is 0 Å². The molecule has 0 fully saturated rings. The lowest BCUT2D eigenvalue weighted by molar-refractivity contribution is 0.197. The SMILES string of the molecule is CCc1nn(CCCSC)c(CC)c1C(C)O. The van der Waals surface area contributed by atoms with Crippen molar-refractivity contribution < 1.29 is 5.11 Å². The third kappa shape index (κ3) is 3.49. The lowest BCUT2D eigenvalue weighted by atomic mass is 10.0. The van der Waals surface area contributed by atoms with Gasteiger partial charge in [0.15, 0.2) is 0 Å². The summed E-state index contributed by atoms with van der Waals surface area (Å²) in [6, 6.07) is 0. The van der Waals surface area contributed by atoms with E-state index < -0.39 is 6.10 Å². The van der Waals surface area contributed by atoms with Gasteiger partial charge in [0.05, 0.1) is 11.8 Å². The molecule has 0 amide bonds. The van der Waals surface area contributed by atoms with Gasteiger partial charge in [-0.25, -0.2) is 0 Å². The van der Waals surface area contributed by atoms with Crippen LogP contribution in [-0.2, 0) is 19.4 Å². The Bertz CT molecular complexity index is 347. The minimum atomic E-state index is -0.408. The van der Waals surface area contributed by atoms with Crippen molar-refractivity contribution in [1.82, 2.24) is 9.78 Å². The van der Waals surface area contributed by atoms with E-state index in [4.69, 9.17) is 0 Å². The molecule has 0 saturated carbocycles. The van der Waals surface area contributed by atoms with Gasteiger partial charge in [-0.2, -0.15) is 16.9 Å². The lowest BCUT2D eigenvalue weighted by Gasteiger charge is -2.09. The van der Waals surface area contributed by atoms with Gasteiger partial charge in [0.25, 0.3) is 0 Å². The highest BCUT2D eigenvalue weighted by Crippen LogP contribution is 2.23. The number of aromatic nitrogens is 2. The van der Waals surface area contributed by atoms with Gasteiger partial charge in [0.2, 0.25) is 0 Å². The summed E-state index contributed by atoms with van der Waals surface area (Å²) in [6.07, 6.45) is 4.69. The molecular formula is C13H24N2OS. The number of aryl methyl sites for hydroxylation is 2. The second kappa shape index (κ2) is 7.07. The Morgan fingerprint density at radius 2 is 2.06 bits per heavy atom. The number of rotatable bonds is 7. The van der Waals surface area contributed by atoms with E-state index in [9.17, 15) is 5.11 Å². The van der Waals surface area contributed by atoms with Crippen molar-refractivity contribution in [2.45, 2.75) is 52.7 Å². The number of nitrogens with zero attached hydrogens (tertiary/aromatic N) is 2. The smallest absolute Gasteiger partial charge is 0.0798 e. The van der Waals surface area contributed by atoms with Gasteiger partial charge in [-0.15, -0.1) is 0 Å². The minimum absolute atomic E-state index is 0.408. The van der Waals surface area contributed by atoms with E-state index in [1.54, 1.807) is 0 Å². The predicted octanol–water partition coefficient (Wildman–Crippen LogP) is 2.81. The molecule has 98 valence electrons. The highest BCUT2D eigenvalue weighted by atomic mass is 32.2. The Balaban J connectivity index is 2.96. The van der Waals surface area contributed by atoms with E-state index in [1.807, 2.05) is 18.7 Å². The summed E-state index contributed by atoms with van der Waals surface area (Å²) < 4.78 is 2.09. The molecule has 0 bridgehead atoms. The molecule has 1 atom stereocenters. The molecule has 1 aromatic heterocycles. The number of thioether (sulfide) groups is 1. The molecule has 0 aliphatic carbocycles. The van der Waals surface area contributed by atoms with Crippen LogP contribution >= 0.6 is 11.8 Å². The van der Waals surface area contributed by atoms with Crippen molar-refractivity contribution in [3.05, 3.63) is 17.0 Å². The number of aliphatic hydroxyl groups is 1. The fourth-order valence-electron chi connectivity index (χ4n) is 2.23. The summed E-state index contributed by atoms with van der Waals surface area (Å²) >= 11 is 1.87. The van der Waals surface area contributed by atoms with Crippen LogP contribution in [0.25, 0.3) is 0 Å². The molecule has 0 aromatic carbocycles. The molecule has 0 aliphatic heterocycles. The molecule has 0 aliphatic rings. The van der Waals surface area contributed by atoms with Crippen molar-refractivity contribution in [1.29, 1.82) is 0 Å². The molecule has 0 radical (unpaired) electrons. The van der Waals surface area contributed by atoms with Crippen LogP contribution in [0.3, 0.4) is 0 Å². The highest BCUT2D eigenvalue weighted by molar-refractivity contribution is 7.98. The molecule has 0 spiro atoms. The molecule has 1 unspecified atom stereocenters. The summed E-state index contributed by atoms with van der Waals surface area (Å²) in [5.74, 6) is 1.16. The zero-order valence-electron chi connectivity index (χ0n) is 11.4. The van der Waals surface area contributed by atoms with Crippen molar-refractivity contribution >= 4 is 11.8 Å². The van der Waals surface area contributed by atoms with E-state index in [0.29, 0.717) is 0 Å². The summed E-state index contributed by atoms with van der Waals surface area (Å²) in [6.45, 7) is 7.03. The quantitative estimate of drug-likeness (QED) is 0.762. The number of aliphatic hydroxyl groups excluding tert-OH is 1. The van der Waals surface area contributed by atoms with E-state index in [0.717, 1.165) is 42.8 Å². The maximum Gasteiger partial charge on any atom is 0.0798 e. The Morgan fingerprint density at radius 3 is 2.53 bits per heavy atom. The molecule has 1 N–H and O–H groups in total. The average molecular weight is 256 g/mol. The van der Waals surface area contributed by atoms with Gasteiger partial charge >= 0.3 is 0 Å². The second-order valence-electron chi connectivity index (χ2n) is 4.26. The zero-order valence-corrected chi connectivity index (χ0v) is 12.2. The maximum atomic E-state index is 9.88. The summed E-state index contributed by atoms with van der Waals surface area (Å²) in [5.41, 5.74) is 3.32. The summed E-state index contributed by atoms with van der Waals surface area (Å²) in [4.78, 5) is 0. The molecule has 1 rings (SSSR count). The Labute approximate surface area is 109 Å². The van der Waals surface area contributed by atoms with Gasteiger partial charge in [-0.1, -0.05) is 13.8 Å². The van der Waals surface area contributed by atoms with E-state index in [2.05, 4.69) is 29.9 Å². The van der Waals surface area contributed by atoms with Crippen LogP contribution in [0.2, 0.25) is 0 Å². The van der Waals surface area contributed by atoms with Crippen LogP contribution in [0.4, 0.5) is 0 Å². The third-order valence-corrected chi connectivity index (χ3v) is 3.68. The number of hydrogen-bond donors (Lipinski definition) is 1. The van der Waals surface area contributed by atoms with E-state index in [1.165, 1.54) is 5.69 Å². The van der Waals surface area contributed by atoms with Gasteiger partial charge in [-0.3, -0.25) is 4.68 Å². The summed E-state index contributed by atoms with van der Waals surface area (Å²) in [5, 5.41) is 14.5. The van der Waals surface area contributed by atoms with Crippen LogP contribution in [0.15, 0.2) is 0 Å².